The van der Waals surface area contributed by atoms with Gasteiger partial charge in [-0.1, -0.05) is 0 Å². The molecule has 83 heteroatoms. The number of methoxy groups -OCH3 is 2. The molecule has 0 aromatic heterocycles. The monoisotopic (exact) mass is 2090 g/mol. The van der Waals surface area contributed by atoms with Crippen LogP contribution in [0.15, 0.2) is 0 Å². The number of carboxylic acid groups (broad SMARTS) is 2. The van der Waals surface area contributed by atoms with Gasteiger partial charge in [-0.05, 0) is 6.92 Å². The number of carbonyl (C=O) groups is 3. The van der Waals surface area contributed by atoms with Gasteiger partial charge >= 0.3 is 0 Å². The summed E-state index contributed by atoms with van der Waals surface area (Å²) in [6, 6.07) is -6.27. The van der Waals surface area contributed by atoms with Gasteiger partial charge in [-0.3, -0.25) is 33.5 Å². The third-order valence-electron chi connectivity index (χ3n) is 14.8. The van der Waals surface area contributed by atoms with E-state index in [-0.39, 0.29) is 53.9 Å². The SMILES string of the molecule is CC(O)C(O)[C@@H]1C(COS(=O)(=O)[O-])OCC(NS(=O)(=O)[O-])[C@@H]1OS(=O)(=O)[O-].CO[C@@H]1OC(COS(=O)(=O)[O-])C[C@@H](O)C1NS(=O)(=O)[O-].CO[C@H]1OC(COS(=O)(=O)[O-])C[C@@H](O)C1NS(=O)(=O)[O-].O.O.O.O.O=C([O-])C1C[C@@H](O)C(OS(=O)(=O)[O-])CO1.O=C([O-])C1C[C@@H](O)C(OS(=O)(=O)[O-])CO1.O=C[C@@H]1C(COS(=O)(=O)[O-])OCC(NS(=O)(=O)[O-])[C@H]1OS(=O)(=O)[O-]. The summed E-state index contributed by atoms with van der Waals surface area (Å²) in [7, 11) is -58.9. The van der Waals surface area contributed by atoms with Gasteiger partial charge in [0.15, 0.2) is 53.8 Å². The second-order valence-corrected chi connectivity index (χ2v) is 36.7. The fourth-order valence-corrected chi connectivity index (χ4v) is 15.8. The summed E-state index contributed by atoms with van der Waals surface area (Å²) in [4.78, 5) is 31.8. The van der Waals surface area contributed by atoms with Gasteiger partial charge in [0.2, 0.25) is 83.2 Å². The molecule has 0 aliphatic carbocycles. The third-order valence-corrected chi connectivity index (χ3v) is 20.7. The number of aliphatic hydroxyl groups excluding tert-OH is 6. The zero-order valence-corrected chi connectivity index (χ0v) is 71.6. The van der Waals surface area contributed by atoms with E-state index in [0.717, 1.165) is 21.1 Å². The van der Waals surface area contributed by atoms with Crippen LogP contribution in [-0.2, 0) is 210 Å². The minimum atomic E-state index is -5.53. The smallest absolute Gasteiger partial charge is 0.218 e. The Morgan fingerprint density at radius 2 is 0.688 bits per heavy atom. The first-order valence-electron chi connectivity index (χ1n) is 31.0. The summed E-state index contributed by atoms with van der Waals surface area (Å²) >= 11 is 0. The van der Waals surface area contributed by atoms with Crippen molar-refractivity contribution in [1.82, 2.24) is 18.9 Å². The van der Waals surface area contributed by atoms with Crippen LogP contribution in [0.5, 0.6) is 0 Å². The molecule has 0 amide bonds. The van der Waals surface area contributed by atoms with Crippen molar-refractivity contribution in [3.8, 4) is 0 Å². The molecule has 125 heavy (non-hydrogen) atoms. The van der Waals surface area contributed by atoms with E-state index in [1.807, 2.05) is 0 Å². The Bertz CT molecular complexity index is 4620. The molecule has 6 fully saturated rings. The van der Waals surface area contributed by atoms with Gasteiger partial charge in [-0.25, -0.2) is 120 Å². The molecule has 6 aliphatic heterocycles. The zero-order valence-electron chi connectivity index (χ0n) is 61.8. The van der Waals surface area contributed by atoms with Gasteiger partial charge < -0.3 is 170 Å². The maximum absolute atomic E-state index is 11.1. The van der Waals surface area contributed by atoms with Gasteiger partial charge in [-0.15, -0.1) is 0 Å². The van der Waals surface area contributed by atoms with E-state index in [1.54, 1.807) is 9.44 Å². The molecule has 18 N–H and O–H groups in total. The molecule has 6 rings (SSSR count). The van der Waals surface area contributed by atoms with Crippen LogP contribution in [0.25, 0.3) is 0 Å². The number of aliphatic hydroxyl groups is 6. The number of aliphatic carboxylic acids is 2. The molecule has 24 atom stereocenters. The number of rotatable bonds is 35. The number of aldehydes is 1. The van der Waals surface area contributed by atoms with Crippen molar-refractivity contribution in [2.45, 2.75) is 167 Å². The number of hydrogen-bond acceptors (Lipinski definition) is 63. The summed E-state index contributed by atoms with van der Waals surface area (Å²) in [5, 5.41) is 78.2. The maximum atomic E-state index is 11.1. The maximum Gasteiger partial charge on any atom is 0.218 e. The topological polar surface area (TPSA) is 1230 Å². The Labute approximate surface area is 707 Å². The lowest BCUT2D eigenvalue weighted by atomic mass is 9.83. The van der Waals surface area contributed by atoms with Crippen LogP contribution in [0, 0.1) is 11.8 Å². The average molecular weight is 2090 g/mol. The number of carbonyl (C=O) groups excluding carboxylic acids is 3. The molecule has 71 nitrogen and oxygen atoms in total. The van der Waals surface area contributed by atoms with Crippen LogP contribution < -0.4 is 29.1 Å². The van der Waals surface area contributed by atoms with Crippen molar-refractivity contribution >= 4 is 143 Å². The highest BCUT2D eigenvalue weighted by Crippen LogP contribution is 2.32. The fraction of sp³-hybridized carbons (Fsp3) is 0.929. The highest BCUT2D eigenvalue weighted by molar-refractivity contribution is 7.85. The highest BCUT2D eigenvalue weighted by Gasteiger charge is 2.49. The second-order valence-electron chi connectivity index (χ2n) is 23.8. The standard InChI is InChI=1S/C9H19NO14S3.C7H13NO13S3.2C7H15NO10S2.2C6H10O8S.4H2O/c1-4(11)8(12)7-6(3-23-26(16,17)18)22-2-5(10-25(13,14)15)9(7)24-27(19,20)21;9-1-4-6(3-20-23(13,14)15)19-2-5(8-22(10,11)12)7(4)21-24(16,17)18;2*1-16-7-6(8-19(10,11)12)5(9)2-4(18-7)3-17-20(13,14)15;2*7-3-1-4(6(8)9)13-2-5(3)14-15(10,11)12;;;;/h4-12H,2-3H2,1H3,(H,13,14,15)(H,16,17,18)(H,19,20,21);1,4-8H,2-3H2,(H,10,11,12)(H,13,14,15)(H,16,17,18);2*4-9H,2-3H2,1H3,(H,10,11,12)(H,13,14,15);2*3-5,7H,1-2H2,(H,8,9)(H,10,11,12);4*1H2/p-14/t4?,5?,6?,7-,8?,9-;4-,5?,6?,7+;4?,5-,6?,7+;4?,5-,6?,7-;2*3-,4?,5?;;;;/m011111..../s1. The van der Waals surface area contributed by atoms with Crippen molar-refractivity contribution < 1.29 is 304 Å². The summed E-state index contributed by atoms with van der Waals surface area (Å²) in [5.41, 5.74) is 0. The minimum Gasteiger partial charge on any atom is -0.735 e. The molecule has 0 radical (unpaired) electrons. The predicted octanol–water partition coefficient (Wildman–Crippen LogP) is -24.4. The van der Waals surface area contributed by atoms with Gasteiger partial charge in [0.25, 0.3) is 0 Å². The second kappa shape index (κ2) is 53.3. The Morgan fingerprint density at radius 1 is 0.400 bits per heavy atom. The molecule has 752 valence electrons. The van der Waals surface area contributed by atoms with Crippen LogP contribution in [-0.4, -0.2) is 428 Å². The van der Waals surface area contributed by atoms with Crippen LogP contribution in [0.1, 0.15) is 32.6 Å². The fourth-order valence-electron chi connectivity index (χ4n) is 10.2. The quantitative estimate of drug-likeness (QED) is 0.0160. The van der Waals surface area contributed by atoms with E-state index < -0.39 is 335 Å². The van der Waals surface area contributed by atoms with Gasteiger partial charge in [0.1, 0.15) is 30.7 Å². The summed E-state index contributed by atoms with van der Waals surface area (Å²) in [5.74, 6) is -6.58. The number of hydrogen-bond donors (Lipinski definition) is 10. The van der Waals surface area contributed by atoms with E-state index in [4.69, 9.17) is 28.4 Å². The molecule has 0 saturated carbocycles. The molecule has 0 bridgehead atoms. The van der Waals surface area contributed by atoms with Crippen molar-refractivity contribution in [1.29, 1.82) is 0 Å². The van der Waals surface area contributed by atoms with Crippen molar-refractivity contribution in [2.75, 3.05) is 67.1 Å². The van der Waals surface area contributed by atoms with Gasteiger partial charge in [-0.2, -0.15) is 0 Å². The van der Waals surface area contributed by atoms with Crippen molar-refractivity contribution in [3.63, 3.8) is 0 Å². The molecule has 0 aromatic rings. The number of nitrogens with one attached hydrogen (secondary N) is 4. The molecule has 0 spiro atoms. The lowest BCUT2D eigenvalue weighted by Crippen LogP contribution is -2.62. The average Bonchev–Trinajstić information content (AvgIpc) is 0.784. The number of carboxylic acids is 2. The van der Waals surface area contributed by atoms with E-state index in [9.17, 15) is 211 Å². The zero-order chi connectivity index (χ0) is 94.3. The van der Waals surface area contributed by atoms with Crippen LogP contribution in [0.3, 0.4) is 0 Å². The van der Waals surface area contributed by atoms with Crippen molar-refractivity contribution in [3.05, 3.63) is 0 Å². The van der Waals surface area contributed by atoms with Crippen LogP contribution in [0.2, 0.25) is 0 Å². The molecule has 14 unspecified atom stereocenters. The molecule has 6 aliphatic rings. The molecule has 6 saturated heterocycles. The summed E-state index contributed by atoms with van der Waals surface area (Å²) < 4.78 is 456. The van der Waals surface area contributed by atoms with Crippen molar-refractivity contribution in [2.24, 2.45) is 11.8 Å². The van der Waals surface area contributed by atoms with Gasteiger partial charge in [0, 0.05) is 45.8 Å². The Morgan fingerprint density at radius 3 is 0.952 bits per heavy atom. The number of ether oxygens (including phenoxy) is 8. The first-order chi connectivity index (χ1) is 54.3. The van der Waals surface area contributed by atoms with Gasteiger partial charge in [0.05, 0.1) is 168 Å². The summed E-state index contributed by atoms with van der Waals surface area (Å²) in [6.07, 6.45) is -28.0. The molecule has 6 heterocycles. The summed E-state index contributed by atoms with van der Waals surface area (Å²) in [6.45, 7) is -5.05. The van der Waals surface area contributed by atoms with E-state index in [0.29, 0.717) is 0 Å². The normalized spacial score (nSPS) is 30.2. The van der Waals surface area contributed by atoms with E-state index in [2.05, 4.69) is 42.9 Å². The van der Waals surface area contributed by atoms with Crippen LogP contribution in [0.4, 0.5) is 0 Å². The largest absolute Gasteiger partial charge is 0.735 e. The Balaban J connectivity index is -0.000000706. The molecule has 0 aromatic carbocycles. The first-order valence-corrected chi connectivity index (χ1v) is 47.3. The Kier molecular flexibility index (Phi) is 54.4. The lowest BCUT2D eigenvalue weighted by Gasteiger charge is -2.45. The Hall–Kier alpha value is -3.67. The van der Waals surface area contributed by atoms with E-state index >= 15 is 0 Å². The van der Waals surface area contributed by atoms with E-state index in [1.165, 1.54) is 9.44 Å². The lowest BCUT2D eigenvalue weighted by molar-refractivity contribution is -0.322. The third kappa shape index (κ3) is 55.4. The molecular weight excluding hydrogens is 2020 g/mol. The molecular formula is C42H76N4O67S12-14. The predicted molar refractivity (Wildman–Crippen MR) is 355 cm³/mol. The minimum absolute atomic E-state index is 0. The highest BCUT2D eigenvalue weighted by atomic mass is 32.3. The first kappa shape index (κ1) is 128. The van der Waals surface area contributed by atoms with Crippen LogP contribution >= 0.6 is 0 Å².